The lowest BCUT2D eigenvalue weighted by Gasteiger charge is -2.13. The van der Waals surface area contributed by atoms with Gasteiger partial charge in [-0.05, 0) is 60.7 Å². The molecule has 0 aliphatic heterocycles. The van der Waals surface area contributed by atoms with Gasteiger partial charge in [-0.3, -0.25) is 4.98 Å². The van der Waals surface area contributed by atoms with E-state index in [9.17, 15) is 0 Å². The van der Waals surface area contributed by atoms with Crippen LogP contribution in [0, 0.1) is 11.3 Å². The van der Waals surface area contributed by atoms with E-state index >= 15 is 0 Å². The number of fused-ring (bicyclic) bond motifs is 1. The van der Waals surface area contributed by atoms with E-state index in [1.54, 1.807) is 44.7 Å². The average molecular weight is 397 g/mol. The molecule has 30 heavy (non-hydrogen) atoms. The maximum atomic E-state index is 8.88. The van der Waals surface area contributed by atoms with Gasteiger partial charge in [0.15, 0.2) is 11.5 Å². The van der Waals surface area contributed by atoms with Gasteiger partial charge in [-0.25, -0.2) is 0 Å². The molecule has 4 rings (SSSR count). The second kappa shape index (κ2) is 8.41. The molecule has 0 fully saturated rings. The summed E-state index contributed by atoms with van der Waals surface area (Å²) in [6.07, 6.45) is 1.75. The van der Waals surface area contributed by atoms with Gasteiger partial charge in [0.2, 0.25) is 0 Å². The van der Waals surface area contributed by atoms with Crippen molar-refractivity contribution in [1.82, 2.24) is 4.98 Å². The topological polar surface area (TPSA) is 76.4 Å². The van der Waals surface area contributed by atoms with Crippen molar-refractivity contribution in [3.8, 4) is 29.1 Å². The van der Waals surface area contributed by atoms with Gasteiger partial charge in [0.25, 0.3) is 0 Å². The minimum atomic E-state index is 0.598. The van der Waals surface area contributed by atoms with E-state index in [4.69, 9.17) is 19.5 Å². The van der Waals surface area contributed by atoms with Crippen molar-refractivity contribution in [2.24, 2.45) is 0 Å². The Morgan fingerprint density at radius 3 is 2.10 bits per heavy atom. The summed E-state index contributed by atoms with van der Waals surface area (Å²) in [5, 5.41) is 13.2. The zero-order valence-corrected chi connectivity index (χ0v) is 16.5. The molecule has 0 aliphatic rings. The number of rotatable bonds is 6. The van der Waals surface area contributed by atoms with E-state index in [0.717, 1.165) is 22.3 Å². The number of hydrogen-bond acceptors (Lipinski definition) is 6. The quantitative estimate of drug-likeness (QED) is 0.452. The lowest BCUT2D eigenvalue weighted by Crippen LogP contribution is -1.95. The van der Waals surface area contributed by atoms with Crippen LogP contribution in [0.3, 0.4) is 0 Å². The molecular formula is C24H19N3O3. The van der Waals surface area contributed by atoms with Crippen LogP contribution in [0.5, 0.6) is 23.0 Å². The Morgan fingerprint density at radius 1 is 0.833 bits per heavy atom. The third-order valence-electron chi connectivity index (χ3n) is 4.60. The molecule has 1 heterocycles. The summed E-state index contributed by atoms with van der Waals surface area (Å²) in [5.74, 6) is 2.67. The minimum absolute atomic E-state index is 0.598. The smallest absolute Gasteiger partial charge is 0.162 e. The maximum absolute atomic E-state index is 8.88. The molecule has 0 amide bonds. The SMILES string of the molecule is COc1cc2nccc(Nc3ccc(Oc4ccc(C#N)cc4)cc3)c2cc1OC. The molecule has 0 saturated carbocycles. The van der Waals surface area contributed by atoms with Gasteiger partial charge in [0, 0.05) is 29.0 Å². The largest absolute Gasteiger partial charge is 0.493 e. The fourth-order valence-corrected chi connectivity index (χ4v) is 3.08. The highest BCUT2D eigenvalue weighted by atomic mass is 16.5. The highest BCUT2D eigenvalue weighted by Crippen LogP contribution is 2.35. The van der Waals surface area contributed by atoms with Crippen LogP contribution in [0.15, 0.2) is 72.9 Å². The van der Waals surface area contributed by atoms with Crippen molar-refractivity contribution in [2.45, 2.75) is 0 Å². The first-order chi connectivity index (χ1) is 14.7. The Morgan fingerprint density at radius 2 is 1.47 bits per heavy atom. The molecular weight excluding hydrogens is 378 g/mol. The lowest BCUT2D eigenvalue weighted by molar-refractivity contribution is 0.356. The number of nitriles is 1. The standard InChI is InChI=1S/C24H19N3O3/c1-28-23-13-20-21(11-12-26-22(20)14-24(23)29-2)27-17-5-9-19(10-6-17)30-18-7-3-16(15-25)4-8-18/h3-14H,1-2H3,(H,26,27). The molecule has 0 spiro atoms. The number of nitrogens with one attached hydrogen (secondary N) is 1. The van der Waals surface area contributed by atoms with E-state index in [2.05, 4.69) is 16.4 Å². The second-order valence-corrected chi connectivity index (χ2v) is 6.47. The first kappa shape index (κ1) is 19.1. The third-order valence-corrected chi connectivity index (χ3v) is 4.60. The monoisotopic (exact) mass is 397 g/mol. The number of anilines is 2. The Balaban J connectivity index is 1.55. The molecule has 3 aromatic carbocycles. The van der Waals surface area contributed by atoms with Crippen molar-refractivity contribution < 1.29 is 14.2 Å². The summed E-state index contributed by atoms with van der Waals surface area (Å²) in [7, 11) is 3.22. The van der Waals surface area contributed by atoms with Crippen LogP contribution < -0.4 is 19.5 Å². The molecule has 4 aromatic rings. The molecule has 148 valence electrons. The van der Waals surface area contributed by atoms with Gasteiger partial charge in [0.1, 0.15) is 11.5 Å². The zero-order valence-electron chi connectivity index (χ0n) is 16.5. The van der Waals surface area contributed by atoms with Crippen molar-refractivity contribution >= 4 is 22.3 Å². The summed E-state index contributed by atoms with van der Waals surface area (Å²) in [6.45, 7) is 0. The molecule has 6 nitrogen and oxygen atoms in total. The molecule has 0 unspecified atom stereocenters. The van der Waals surface area contributed by atoms with Crippen LogP contribution >= 0.6 is 0 Å². The normalized spacial score (nSPS) is 10.3. The van der Waals surface area contributed by atoms with Crippen molar-refractivity contribution in [2.75, 3.05) is 19.5 Å². The van der Waals surface area contributed by atoms with E-state index in [1.807, 2.05) is 42.5 Å². The van der Waals surface area contributed by atoms with Crippen molar-refractivity contribution in [1.29, 1.82) is 5.26 Å². The Hall–Kier alpha value is -4.24. The number of aromatic nitrogens is 1. The highest BCUT2D eigenvalue weighted by molar-refractivity contribution is 5.95. The molecule has 6 heteroatoms. The molecule has 1 N–H and O–H groups in total. The van der Waals surface area contributed by atoms with Crippen LogP contribution in [0.1, 0.15) is 5.56 Å². The molecule has 0 radical (unpaired) electrons. The van der Waals surface area contributed by atoms with E-state index in [1.165, 1.54) is 0 Å². The predicted molar refractivity (Wildman–Crippen MR) is 116 cm³/mol. The van der Waals surface area contributed by atoms with Crippen LogP contribution in [-0.4, -0.2) is 19.2 Å². The van der Waals surface area contributed by atoms with Crippen LogP contribution in [0.4, 0.5) is 11.4 Å². The fourth-order valence-electron chi connectivity index (χ4n) is 3.08. The van der Waals surface area contributed by atoms with Gasteiger partial charge < -0.3 is 19.5 Å². The van der Waals surface area contributed by atoms with Crippen molar-refractivity contribution in [3.05, 3.63) is 78.5 Å². The number of benzene rings is 3. The number of ether oxygens (including phenoxy) is 3. The molecule has 0 aliphatic carbocycles. The van der Waals surface area contributed by atoms with Gasteiger partial charge >= 0.3 is 0 Å². The van der Waals surface area contributed by atoms with Gasteiger partial charge in [-0.1, -0.05) is 0 Å². The van der Waals surface area contributed by atoms with E-state index in [-0.39, 0.29) is 0 Å². The first-order valence-corrected chi connectivity index (χ1v) is 9.26. The molecule has 0 bridgehead atoms. The summed E-state index contributed by atoms with van der Waals surface area (Å²) in [4.78, 5) is 4.43. The minimum Gasteiger partial charge on any atom is -0.493 e. The molecule has 1 aromatic heterocycles. The Bertz CT molecular complexity index is 1210. The third kappa shape index (κ3) is 3.96. The van der Waals surface area contributed by atoms with Gasteiger partial charge in [-0.2, -0.15) is 5.26 Å². The predicted octanol–water partition coefficient (Wildman–Crippen LogP) is 5.66. The second-order valence-electron chi connectivity index (χ2n) is 6.47. The van der Waals surface area contributed by atoms with Crippen LogP contribution in [-0.2, 0) is 0 Å². The number of nitrogens with zero attached hydrogens (tertiary/aromatic N) is 2. The molecule has 0 atom stereocenters. The van der Waals surface area contributed by atoms with Crippen LogP contribution in [0.2, 0.25) is 0 Å². The van der Waals surface area contributed by atoms with Gasteiger partial charge in [-0.15, -0.1) is 0 Å². The highest BCUT2D eigenvalue weighted by Gasteiger charge is 2.10. The zero-order chi connectivity index (χ0) is 20.9. The summed E-state index contributed by atoms with van der Waals surface area (Å²) < 4.78 is 16.6. The number of hydrogen-bond donors (Lipinski definition) is 1. The fraction of sp³-hybridized carbons (Fsp3) is 0.0833. The Labute approximate surface area is 174 Å². The maximum Gasteiger partial charge on any atom is 0.162 e. The summed E-state index contributed by atoms with van der Waals surface area (Å²) >= 11 is 0. The first-order valence-electron chi connectivity index (χ1n) is 9.26. The number of pyridine rings is 1. The lowest BCUT2D eigenvalue weighted by atomic mass is 10.1. The van der Waals surface area contributed by atoms with Gasteiger partial charge in [0.05, 0.1) is 31.4 Å². The summed E-state index contributed by atoms with van der Waals surface area (Å²) in [6, 6.07) is 22.4. The van der Waals surface area contributed by atoms with Crippen LogP contribution in [0.25, 0.3) is 10.9 Å². The average Bonchev–Trinajstić information content (AvgIpc) is 2.80. The van der Waals surface area contributed by atoms with E-state index < -0.39 is 0 Å². The molecule has 0 saturated heterocycles. The van der Waals surface area contributed by atoms with Crippen molar-refractivity contribution in [3.63, 3.8) is 0 Å². The number of methoxy groups -OCH3 is 2. The van der Waals surface area contributed by atoms with E-state index in [0.29, 0.717) is 28.6 Å². The summed E-state index contributed by atoms with van der Waals surface area (Å²) in [5.41, 5.74) is 3.21. The Kier molecular flexibility index (Phi) is 5.35.